The highest BCUT2D eigenvalue weighted by molar-refractivity contribution is 5.25. The summed E-state index contributed by atoms with van der Waals surface area (Å²) in [4.78, 5) is 0. The first-order valence-electron chi connectivity index (χ1n) is 6.83. The second-order valence-electron chi connectivity index (χ2n) is 6.28. The van der Waals surface area contributed by atoms with Crippen LogP contribution in [-0.4, -0.2) is 6.04 Å². The van der Waals surface area contributed by atoms with Crippen LogP contribution in [-0.2, 0) is 5.41 Å². The quantitative estimate of drug-likeness (QED) is 0.824. The van der Waals surface area contributed by atoms with Gasteiger partial charge in [0.2, 0.25) is 0 Å². The molecule has 17 heavy (non-hydrogen) atoms. The SMILES string of the molecule is C[C@@H]1CC[C@@H](C(C)(C)c2ccccc2)[C@@H](N)C1. The molecule has 1 saturated carbocycles. The predicted molar refractivity (Wildman–Crippen MR) is 73.9 cm³/mol. The molecule has 0 bridgehead atoms. The summed E-state index contributed by atoms with van der Waals surface area (Å²) >= 11 is 0. The maximum atomic E-state index is 6.39. The molecular weight excluding hydrogens is 206 g/mol. The van der Waals surface area contributed by atoms with Crippen molar-refractivity contribution in [3.8, 4) is 0 Å². The van der Waals surface area contributed by atoms with Crippen molar-refractivity contribution < 1.29 is 0 Å². The minimum absolute atomic E-state index is 0.195. The lowest BCUT2D eigenvalue weighted by Gasteiger charge is -2.43. The van der Waals surface area contributed by atoms with E-state index in [1.54, 1.807) is 0 Å². The van der Waals surface area contributed by atoms with E-state index in [-0.39, 0.29) is 5.41 Å². The normalized spacial score (nSPS) is 30.2. The second-order valence-corrected chi connectivity index (χ2v) is 6.28. The summed E-state index contributed by atoms with van der Waals surface area (Å²) in [6, 6.07) is 11.2. The summed E-state index contributed by atoms with van der Waals surface area (Å²) in [5, 5.41) is 0. The Hall–Kier alpha value is -0.820. The monoisotopic (exact) mass is 231 g/mol. The summed E-state index contributed by atoms with van der Waals surface area (Å²) in [7, 11) is 0. The second kappa shape index (κ2) is 4.81. The average Bonchev–Trinajstić information content (AvgIpc) is 2.29. The summed E-state index contributed by atoms with van der Waals surface area (Å²) in [6.07, 6.45) is 3.78. The number of benzene rings is 1. The van der Waals surface area contributed by atoms with Crippen LogP contribution in [0.1, 0.15) is 45.6 Å². The Morgan fingerprint density at radius 3 is 2.35 bits per heavy atom. The molecular formula is C16H25N. The van der Waals surface area contributed by atoms with Crippen LogP contribution in [0.2, 0.25) is 0 Å². The maximum Gasteiger partial charge on any atom is 0.00780 e. The average molecular weight is 231 g/mol. The Balaban J connectivity index is 2.21. The van der Waals surface area contributed by atoms with Gasteiger partial charge in [0.1, 0.15) is 0 Å². The van der Waals surface area contributed by atoms with E-state index >= 15 is 0 Å². The molecule has 1 heteroatoms. The zero-order chi connectivity index (χ0) is 12.5. The molecule has 0 spiro atoms. The fourth-order valence-electron chi connectivity index (χ4n) is 3.40. The molecule has 2 rings (SSSR count). The van der Waals surface area contributed by atoms with Gasteiger partial charge in [0.15, 0.2) is 0 Å². The molecule has 1 aliphatic rings. The summed E-state index contributed by atoms with van der Waals surface area (Å²) in [5.41, 5.74) is 8.01. The predicted octanol–water partition coefficient (Wildman–Crippen LogP) is 3.73. The molecule has 1 aromatic carbocycles. The molecule has 0 aliphatic heterocycles. The molecule has 2 N–H and O–H groups in total. The van der Waals surface area contributed by atoms with Crippen LogP contribution in [0, 0.1) is 11.8 Å². The molecule has 0 unspecified atom stereocenters. The van der Waals surface area contributed by atoms with E-state index < -0.39 is 0 Å². The Morgan fingerprint density at radius 1 is 1.12 bits per heavy atom. The Kier molecular flexibility index (Phi) is 3.58. The van der Waals surface area contributed by atoms with Crippen molar-refractivity contribution in [1.82, 2.24) is 0 Å². The van der Waals surface area contributed by atoms with Gasteiger partial charge in [-0.05, 0) is 35.7 Å². The lowest BCUT2D eigenvalue weighted by Crippen LogP contribution is -2.45. The third-order valence-corrected chi connectivity index (χ3v) is 4.61. The van der Waals surface area contributed by atoms with Crippen molar-refractivity contribution in [2.45, 2.75) is 51.5 Å². The fraction of sp³-hybridized carbons (Fsp3) is 0.625. The van der Waals surface area contributed by atoms with E-state index in [4.69, 9.17) is 5.73 Å². The van der Waals surface area contributed by atoms with Crippen molar-refractivity contribution >= 4 is 0 Å². The number of hydrogen-bond acceptors (Lipinski definition) is 1. The molecule has 1 aliphatic carbocycles. The Morgan fingerprint density at radius 2 is 1.76 bits per heavy atom. The first-order chi connectivity index (χ1) is 8.01. The van der Waals surface area contributed by atoms with Gasteiger partial charge in [-0.25, -0.2) is 0 Å². The summed E-state index contributed by atoms with van der Waals surface area (Å²) in [6.45, 7) is 7.03. The standard InChI is InChI=1S/C16H25N/c1-12-9-10-14(15(17)11-12)16(2,3)13-7-5-4-6-8-13/h4-8,12,14-15H,9-11,17H2,1-3H3/t12-,14-,15+/m1/s1. The molecule has 0 heterocycles. The first-order valence-corrected chi connectivity index (χ1v) is 6.83. The van der Waals surface area contributed by atoms with Gasteiger partial charge in [0.25, 0.3) is 0 Å². The van der Waals surface area contributed by atoms with Crippen molar-refractivity contribution in [3.63, 3.8) is 0 Å². The molecule has 1 aromatic rings. The van der Waals surface area contributed by atoms with Gasteiger partial charge >= 0.3 is 0 Å². The molecule has 0 aromatic heterocycles. The lowest BCUT2D eigenvalue weighted by molar-refractivity contribution is 0.171. The van der Waals surface area contributed by atoms with Crippen LogP contribution in [0.5, 0.6) is 0 Å². The smallest absolute Gasteiger partial charge is 0.00780 e. The van der Waals surface area contributed by atoms with Crippen LogP contribution < -0.4 is 5.73 Å². The Bertz CT molecular complexity index is 355. The highest BCUT2D eigenvalue weighted by Crippen LogP contribution is 2.41. The van der Waals surface area contributed by atoms with E-state index in [2.05, 4.69) is 51.1 Å². The van der Waals surface area contributed by atoms with Crippen molar-refractivity contribution in [2.24, 2.45) is 17.6 Å². The van der Waals surface area contributed by atoms with Gasteiger partial charge in [-0.2, -0.15) is 0 Å². The van der Waals surface area contributed by atoms with Crippen LogP contribution in [0.15, 0.2) is 30.3 Å². The molecule has 94 valence electrons. The van der Waals surface area contributed by atoms with E-state index in [1.165, 1.54) is 24.8 Å². The number of rotatable bonds is 2. The van der Waals surface area contributed by atoms with Crippen LogP contribution >= 0.6 is 0 Å². The van der Waals surface area contributed by atoms with E-state index in [9.17, 15) is 0 Å². The van der Waals surface area contributed by atoms with E-state index in [1.807, 2.05) is 0 Å². The Labute approximate surface area is 105 Å². The van der Waals surface area contributed by atoms with Gasteiger partial charge in [-0.15, -0.1) is 0 Å². The molecule has 0 amide bonds. The maximum absolute atomic E-state index is 6.39. The number of nitrogens with two attached hydrogens (primary N) is 1. The third-order valence-electron chi connectivity index (χ3n) is 4.61. The highest BCUT2D eigenvalue weighted by atomic mass is 14.7. The van der Waals surface area contributed by atoms with E-state index in [0.29, 0.717) is 12.0 Å². The largest absolute Gasteiger partial charge is 0.327 e. The molecule has 0 radical (unpaired) electrons. The van der Waals surface area contributed by atoms with Gasteiger partial charge in [0.05, 0.1) is 0 Å². The minimum Gasteiger partial charge on any atom is -0.327 e. The molecule has 0 saturated heterocycles. The topological polar surface area (TPSA) is 26.0 Å². The molecule has 3 atom stereocenters. The van der Waals surface area contributed by atoms with Crippen LogP contribution in [0.25, 0.3) is 0 Å². The first kappa shape index (κ1) is 12.6. The summed E-state index contributed by atoms with van der Waals surface area (Å²) in [5.74, 6) is 1.41. The minimum atomic E-state index is 0.195. The zero-order valence-corrected chi connectivity index (χ0v) is 11.3. The van der Waals surface area contributed by atoms with Gasteiger partial charge < -0.3 is 5.73 Å². The van der Waals surface area contributed by atoms with Gasteiger partial charge in [-0.3, -0.25) is 0 Å². The number of hydrogen-bond donors (Lipinski definition) is 1. The van der Waals surface area contributed by atoms with Crippen molar-refractivity contribution in [3.05, 3.63) is 35.9 Å². The van der Waals surface area contributed by atoms with E-state index in [0.717, 1.165) is 5.92 Å². The lowest BCUT2D eigenvalue weighted by atomic mass is 9.64. The van der Waals surface area contributed by atoms with Crippen molar-refractivity contribution in [2.75, 3.05) is 0 Å². The highest BCUT2D eigenvalue weighted by Gasteiger charge is 2.38. The molecule has 1 fully saturated rings. The fourth-order valence-corrected chi connectivity index (χ4v) is 3.40. The molecule has 1 nitrogen and oxygen atoms in total. The zero-order valence-electron chi connectivity index (χ0n) is 11.3. The van der Waals surface area contributed by atoms with Crippen molar-refractivity contribution in [1.29, 1.82) is 0 Å². The van der Waals surface area contributed by atoms with Gasteiger partial charge in [-0.1, -0.05) is 57.5 Å². The van der Waals surface area contributed by atoms with Crippen LogP contribution in [0.4, 0.5) is 0 Å². The third kappa shape index (κ3) is 2.55. The van der Waals surface area contributed by atoms with Crippen LogP contribution in [0.3, 0.4) is 0 Å². The summed E-state index contributed by atoms with van der Waals surface area (Å²) < 4.78 is 0. The van der Waals surface area contributed by atoms with Gasteiger partial charge in [0, 0.05) is 6.04 Å².